The molecular formula is C9H8BrCl. The van der Waals surface area contributed by atoms with Gasteiger partial charge in [0.1, 0.15) is 0 Å². The van der Waals surface area contributed by atoms with Crippen molar-refractivity contribution < 1.29 is 0 Å². The van der Waals surface area contributed by atoms with E-state index in [1.807, 2.05) is 24.3 Å². The first kappa shape index (κ1) is 8.82. The van der Waals surface area contributed by atoms with Crippen LogP contribution < -0.4 is 0 Å². The highest BCUT2D eigenvalue weighted by molar-refractivity contribution is 9.10. The van der Waals surface area contributed by atoms with Crippen LogP contribution in [0.2, 0.25) is 0 Å². The molecule has 2 heteroatoms. The van der Waals surface area contributed by atoms with E-state index in [1.54, 1.807) is 0 Å². The van der Waals surface area contributed by atoms with Crippen molar-refractivity contribution in [3.05, 3.63) is 40.4 Å². The van der Waals surface area contributed by atoms with Crippen molar-refractivity contribution in [2.75, 3.05) is 0 Å². The van der Waals surface area contributed by atoms with E-state index in [2.05, 4.69) is 22.5 Å². The van der Waals surface area contributed by atoms with Crippen molar-refractivity contribution in [1.82, 2.24) is 0 Å². The van der Waals surface area contributed by atoms with E-state index in [4.69, 9.17) is 11.6 Å². The maximum Gasteiger partial charge on any atom is 0.0485 e. The zero-order chi connectivity index (χ0) is 8.27. The molecule has 0 radical (unpaired) electrons. The Morgan fingerprint density at radius 3 is 2.73 bits per heavy atom. The molecule has 0 heterocycles. The maximum atomic E-state index is 5.67. The molecule has 0 N–H and O–H groups in total. The average Bonchev–Trinajstić information content (AvgIpc) is 2.04. The second-order valence-electron chi connectivity index (χ2n) is 2.19. The molecule has 1 aromatic rings. The summed E-state index contributed by atoms with van der Waals surface area (Å²) in [6, 6.07) is 5.99. The third kappa shape index (κ3) is 2.08. The van der Waals surface area contributed by atoms with E-state index in [-0.39, 0.29) is 0 Å². The quantitative estimate of drug-likeness (QED) is 0.679. The lowest BCUT2D eigenvalue weighted by Crippen LogP contribution is -1.80. The lowest BCUT2D eigenvalue weighted by molar-refractivity contribution is 1.36. The number of alkyl halides is 1. The number of benzene rings is 1. The Kier molecular flexibility index (Phi) is 3.16. The van der Waals surface area contributed by atoms with Crippen LogP contribution in [-0.4, -0.2) is 0 Å². The van der Waals surface area contributed by atoms with Gasteiger partial charge >= 0.3 is 0 Å². The van der Waals surface area contributed by atoms with Gasteiger partial charge in [-0.05, 0) is 17.2 Å². The van der Waals surface area contributed by atoms with Crippen LogP contribution in [0.15, 0.2) is 29.3 Å². The standard InChI is InChI=1S/C9H8BrCl/c1-2-7-3-4-8(6-11)9(10)5-7/h2-5H,1,6H2. The predicted molar refractivity (Wildman–Crippen MR) is 53.8 cm³/mol. The van der Waals surface area contributed by atoms with Gasteiger partial charge in [-0.15, -0.1) is 11.6 Å². The fraction of sp³-hybridized carbons (Fsp3) is 0.111. The van der Waals surface area contributed by atoms with E-state index < -0.39 is 0 Å². The minimum atomic E-state index is 0.540. The van der Waals surface area contributed by atoms with Crippen LogP contribution in [0.1, 0.15) is 11.1 Å². The summed E-state index contributed by atoms with van der Waals surface area (Å²) < 4.78 is 1.05. The molecule has 0 aliphatic rings. The van der Waals surface area contributed by atoms with Crippen molar-refractivity contribution >= 4 is 33.6 Å². The summed E-state index contributed by atoms with van der Waals surface area (Å²) in [5.41, 5.74) is 2.21. The van der Waals surface area contributed by atoms with Crippen LogP contribution in [0.5, 0.6) is 0 Å². The van der Waals surface area contributed by atoms with Crippen LogP contribution >= 0.6 is 27.5 Å². The van der Waals surface area contributed by atoms with Gasteiger partial charge < -0.3 is 0 Å². The monoisotopic (exact) mass is 230 g/mol. The molecule has 11 heavy (non-hydrogen) atoms. The first-order valence-electron chi connectivity index (χ1n) is 3.24. The normalized spacial score (nSPS) is 9.64. The summed E-state index contributed by atoms with van der Waals surface area (Å²) in [7, 11) is 0. The summed E-state index contributed by atoms with van der Waals surface area (Å²) in [4.78, 5) is 0. The molecule has 1 rings (SSSR count). The van der Waals surface area contributed by atoms with E-state index in [0.717, 1.165) is 15.6 Å². The highest BCUT2D eigenvalue weighted by Gasteiger charge is 1.97. The molecule has 0 saturated heterocycles. The molecule has 0 fully saturated rings. The zero-order valence-electron chi connectivity index (χ0n) is 5.98. The molecule has 0 aliphatic carbocycles. The Bertz CT molecular complexity index is 268. The Morgan fingerprint density at radius 1 is 1.55 bits per heavy atom. The van der Waals surface area contributed by atoms with Gasteiger partial charge in [0.15, 0.2) is 0 Å². The molecule has 0 atom stereocenters. The summed E-state index contributed by atoms with van der Waals surface area (Å²) in [6.45, 7) is 3.67. The molecule has 0 aliphatic heterocycles. The van der Waals surface area contributed by atoms with Gasteiger partial charge in [0.25, 0.3) is 0 Å². The second kappa shape index (κ2) is 3.93. The SMILES string of the molecule is C=Cc1ccc(CCl)c(Br)c1. The predicted octanol–water partition coefficient (Wildman–Crippen LogP) is 3.83. The van der Waals surface area contributed by atoms with E-state index >= 15 is 0 Å². The lowest BCUT2D eigenvalue weighted by Gasteiger charge is -2.00. The third-order valence-corrected chi connectivity index (χ3v) is 2.48. The largest absolute Gasteiger partial charge is 0.122 e. The Balaban J connectivity index is 3.09. The van der Waals surface area contributed by atoms with Crippen molar-refractivity contribution in [3.63, 3.8) is 0 Å². The number of hydrogen-bond donors (Lipinski definition) is 0. The topological polar surface area (TPSA) is 0 Å². The maximum absolute atomic E-state index is 5.67. The van der Waals surface area contributed by atoms with Gasteiger partial charge in [0.05, 0.1) is 0 Å². The third-order valence-electron chi connectivity index (χ3n) is 1.46. The molecule has 0 spiro atoms. The van der Waals surface area contributed by atoms with Gasteiger partial charge in [0.2, 0.25) is 0 Å². The summed E-state index contributed by atoms with van der Waals surface area (Å²) in [5.74, 6) is 0.540. The van der Waals surface area contributed by atoms with Gasteiger partial charge in [-0.25, -0.2) is 0 Å². The van der Waals surface area contributed by atoms with Crippen molar-refractivity contribution in [2.45, 2.75) is 5.88 Å². The molecule has 0 unspecified atom stereocenters. The van der Waals surface area contributed by atoms with Gasteiger partial charge in [0, 0.05) is 10.4 Å². The van der Waals surface area contributed by atoms with E-state index in [1.165, 1.54) is 0 Å². The summed E-state index contributed by atoms with van der Waals surface area (Å²) in [6.07, 6.45) is 1.81. The Labute approximate surface area is 80.0 Å². The molecule has 58 valence electrons. The number of rotatable bonds is 2. The van der Waals surface area contributed by atoms with E-state index in [0.29, 0.717) is 5.88 Å². The Morgan fingerprint density at radius 2 is 2.27 bits per heavy atom. The first-order valence-corrected chi connectivity index (χ1v) is 4.57. The fourth-order valence-corrected chi connectivity index (χ4v) is 1.73. The van der Waals surface area contributed by atoms with Gasteiger partial charge in [-0.3, -0.25) is 0 Å². The highest BCUT2D eigenvalue weighted by atomic mass is 79.9. The van der Waals surface area contributed by atoms with Crippen molar-refractivity contribution in [3.8, 4) is 0 Å². The van der Waals surface area contributed by atoms with Crippen LogP contribution in [-0.2, 0) is 5.88 Å². The second-order valence-corrected chi connectivity index (χ2v) is 3.31. The molecule has 0 nitrogen and oxygen atoms in total. The molecule has 1 aromatic carbocycles. The van der Waals surface area contributed by atoms with Gasteiger partial charge in [-0.2, -0.15) is 0 Å². The number of hydrogen-bond acceptors (Lipinski definition) is 0. The molecule has 0 saturated carbocycles. The Hall–Kier alpha value is -0.270. The fourth-order valence-electron chi connectivity index (χ4n) is 0.799. The molecule has 0 bridgehead atoms. The summed E-state index contributed by atoms with van der Waals surface area (Å²) >= 11 is 9.09. The van der Waals surface area contributed by atoms with Crippen LogP contribution in [0.25, 0.3) is 6.08 Å². The number of halogens is 2. The van der Waals surface area contributed by atoms with Crippen molar-refractivity contribution in [1.29, 1.82) is 0 Å². The summed E-state index contributed by atoms with van der Waals surface area (Å²) in [5, 5.41) is 0. The van der Waals surface area contributed by atoms with Crippen LogP contribution in [0.3, 0.4) is 0 Å². The average molecular weight is 232 g/mol. The van der Waals surface area contributed by atoms with Gasteiger partial charge in [-0.1, -0.05) is 40.7 Å². The highest BCUT2D eigenvalue weighted by Crippen LogP contribution is 2.20. The molecule has 0 amide bonds. The lowest BCUT2D eigenvalue weighted by atomic mass is 10.1. The minimum Gasteiger partial charge on any atom is -0.122 e. The molecular weight excluding hydrogens is 223 g/mol. The van der Waals surface area contributed by atoms with Crippen LogP contribution in [0.4, 0.5) is 0 Å². The smallest absolute Gasteiger partial charge is 0.0485 e. The van der Waals surface area contributed by atoms with Crippen LogP contribution in [0, 0.1) is 0 Å². The van der Waals surface area contributed by atoms with Crippen molar-refractivity contribution in [2.24, 2.45) is 0 Å². The zero-order valence-corrected chi connectivity index (χ0v) is 8.32. The minimum absolute atomic E-state index is 0.540. The first-order chi connectivity index (χ1) is 5.27. The molecule has 0 aromatic heterocycles. The van der Waals surface area contributed by atoms with E-state index in [9.17, 15) is 0 Å².